The average molecular weight is 337 g/mol. The summed E-state index contributed by atoms with van der Waals surface area (Å²) in [5.74, 6) is -0.666. The number of thiophene rings is 1. The Kier molecular flexibility index (Phi) is 4.98. The van der Waals surface area contributed by atoms with Gasteiger partial charge in [-0.3, -0.25) is 9.59 Å². The summed E-state index contributed by atoms with van der Waals surface area (Å²) in [6.07, 6.45) is 1.56. The number of carbonyl (C=O) groups is 2. The van der Waals surface area contributed by atoms with Crippen LogP contribution in [-0.2, 0) is 4.79 Å². The molecule has 3 aromatic rings. The zero-order valence-electron chi connectivity index (χ0n) is 12.7. The van der Waals surface area contributed by atoms with Crippen LogP contribution in [0.25, 0.3) is 10.8 Å². The highest BCUT2D eigenvalue weighted by Gasteiger charge is 2.10. The van der Waals surface area contributed by atoms with Gasteiger partial charge < -0.3 is 5.32 Å². The molecular formula is C18H15N3O2S. The van der Waals surface area contributed by atoms with E-state index >= 15 is 0 Å². The second-order valence-electron chi connectivity index (χ2n) is 5.02. The molecular weight excluding hydrogens is 322 g/mol. The van der Waals surface area contributed by atoms with Gasteiger partial charge in [-0.25, -0.2) is 5.43 Å². The van der Waals surface area contributed by atoms with Gasteiger partial charge in [0, 0.05) is 10.4 Å². The van der Waals surface area contributed by atoms with Crippen LogP contribution in [0.3, 0.4) is 0 Å². The summed E-state index contributed by atoms with van der Waals surface area (Å²) in [4.78, 5) is 25.0. The molecule has 2 N–H and O–H groups in total. The molecule has 0 saturated carbocycles. The monoisotopic (exact) mass is 337 g/mol. The number of hydrazone groups is 1. The molecule has 0 saturated heterocycles. The van der Waals surface area contributed by atoms with E-state index in [0.29, 0.717) is 5.56 Å². The predicted molar refractivity (Wildman–Crippen MR) is 96.3 cm³/mol. The fraction of sp³-hybridized carbons (Fsp3) is 0.0556. The Labute approximate surface area is 143 Å². The first kappa shape index (κ1) is 15.9. The summed E-state index contributed by atoms with van der Waals surface area (Å²) in [5.41, 5.74) is 2.93. The van der Waals surface area contributed by atoms with E-state index in [0.717, 1.165) is 15.6 Å². The third-order valence-corrected chi connectivity index (χ3v) is 4.17. The Hall–Kier alpha value is -2.99. The Balaban J connectivity index is 1.57. The molecule has 3 rings (SSSR count). The number of nitrogens with zero attached hydrogens (tertiary/aromatic N) is 1. The second-order valence-corrected chi connectivity index (χ2v) is 6.00. The normalized spacial score (nSPS) is 10.8. The summed E-state index contributed by atoms with van der Waals surface area (Å²) in [6, 6.07) is 16.9. The van der Waals surface area contributed by atoms with E-state index in [1.165, 1.54) is 11.3 Å². The molecule has 24 heavy (non-hydrogen) atoms. The third-order valence-electron chi connectivity index (χ3n) is 3.37. The lowest BCUT2D eigenvalue weighted by Crippen LogP contribution is -2.35. The van der Waals surface area contributed by atoms with E-state index in [4.69, 9.17) is 0 Å². The van der Waals surface area contributed by atoms with Crippen LogP contribution in [0.15, 0.2) is 65.1 Å². The van der Waals surface area contributed by atoms with Gasteiger partial charge in [0.1, 0.15) is 0 Å². The van der Waals surface area contributed by atoms with E-state index in [1.54, 1.807) is 12.3 Å². The lowest BCUT2D eigenvalue weighted by atomic mass is 10.0. The molecule has 0 aliphatic carbocycles. The summed E-state index contributed by atoms with van der Waals surface area (Å²) >= 11 is 1.52. The molecule has 0 aliphatic heterocycles. The van der Waals surface area contributed by atoms with E-state index in [9.17, 15) is 9.59 Å². The molecule has 5 nitrogen and oxygen atoms in total. The van der Waals surface area contributed by atoms with Crippen LogP contribution >= 0.6 is 11.3 Å². The van der Waals surface area contributed by atoms with Gasteiger partial charge in [0.05, 0.1) is 12.8 Å². The van der Waals surface area contributed by atoms with Gasteiger partial charge in [0.2, 0.25) is 0 Å². The van der Waals surface area contributed by atoms with Crippen LogP contribution in [0.1, 0.15) is 15.2 Å². The second kappa shape index (κ2) is 7.52. The van der Waals surface area contributed by atoms with Crippen molar-refractivity contribution in [3.05, 3.63) is 70.4 Å². The molecule has 0 fully saturated rings. The van der Waals surface area contributed by atoms with Crippen molar-refractivity contribution >= 4 is 40.1 Å². The van der Waals surface area contributed by atoms with Crippen molar-refractivity contribution < 1.29 is 9.59 Å². The van der Waals surface area contributed by atoms with E-state index in [2.05, 4.69) is 15.8 Å². The van der Waals surface area contributed by atoms with Crippen molar-refractivity contribution in [2.75, 3.05) is 6.54 Å². The predicted octanol–water partition coefficient (Wildman–Crippen LogP) is 2.78. The minimum atomic E-state index is -0.378. The molecule has 2 aromatic carbocycles. The molecule has 0 radical (unpaired) electrons. The number of fused-ring (bicyclic) bond motifs is 1. The van der Waals surface area contributed by atoms with Gasteiger partial charge in [0.25, 0.3) is 11.8 Å². The molecule has 0 unspecified atom stereocenters. The van der Waals surface area contributed by atoms with Crippen molar-refractivity contribution in [2.24, 2.45) is 5.10 Å². The van der Waals surface area contributed by atoms with Crippen molar-refractivity contribution in [1.29, 1.82) is 0 Å². The Morgan fingerprint density at radius 3 is 2.71 bits per heavy atom. The minimum absolute atomic E-state index is 0.135. The maximum absolute atomic E-state index is 12.3. The summed E-state index contributed by atoms with van der Waals surface area (Å²) in [6.45, 7) is -0.135. The van der Waals surface area contributed by atoms with Crippen LogP contribution in [0.2, 0.25) is 0 Å². The molecule has 0 aliphatic rings. The maximum atomic E-state index is 12.3. The van der Waals surface area contributed by atoms with E-state index in [1.807, 2.05) is 53.9 Å². The smallest absolute Gasteiger partial charge is 0.259 e. The summed E-state index contributed by atoms with van der Waals surface area (Å²) < 4.78 is 0. The number of nitrogens with one attached hydrogen (secondary N) is 2. The molecule has 0 spiro atoms. The van der Waals surface area contributed by atoms with Gasteiger partial charge in [-0.05, 0) is 28.3 Å². The quantitative estimate of drug-likeness (QED) is 0.555. The number of benzene rings is 2. The van der Waals surface area contributed by atoms with Crippen LogP contribution in [0.4, 0.5) is 0 Å². The van der Waals surface area contributed by atoms with Crippen molar-refractivity contribution in [3.63, 3.8) is 0 Å². The molecule has 6 heteroatoms. The zero-order valence-corrected chi connectivity index (χ0v) is 13.5. The highest BCUT2D eigenvalue weighted by Crippen LogP contribution is 2.18. The first-order chi connectivity index (χ1) is 11.7. The fourth-order valence-corrected chi connectivity index (χ4v) is 2.84. The van der Waals surface area contributed by atoms with Crippen LogP contribution in [-0.4, -0.2) is 24.6 Å². The van der Waals surface area contributed by atoms with E-state index < -0.39 is 0 Å². The lowest BCUT2D eigenvalue weighted by molar-refractivity contribution is -0.120. The topological polar surface area (TPSA) is 70.6 Å². The number of carbonyl (C=O) groups excluding carboxylic acids is 2. The van der Waals surface area contributed by atoms with Crippen LogP contribution < -0.4 is 10.7 Å². The molecule has 1 heterocycles. The largest absolute Gasteiger partial charge is 0.343 e. The zero-order chi connectivity index (χ0) is 16.8. The average Bonchev–Trinajstić information content (AvgIpc) is 3.12. The maximum Gasteiger partial charge on any atom is 0.259 e. The third kappa shape index (κ3) is 3.85. The lowest BCUT2D eigenvalue weighted by Gasteiger charge is -2.07. The van der Waals surface area contributed by atoms with Crippen molar-refractivity contribution in [1.82, 2.24) is 10.7 Å². The Morgan fingerprint density at radius 2 is 1.88 bits per heavy atom. The van der Waals surface area contributed by atoms with Gasteiger partial charge in [0.15, 0.2) is 0 Å². The first-order valence-corrected chi connectivity index (χ1v) is 8.23. The molecule has 2 amide bonds. The SMILES string of the molecule is O=C(CNC(=O)c1cccc2ccccc12)NN=Cc1cccs1. The number of amides is 2. The van der Waals surface area contributed by atoms with Crippen molar-refractivity contribution in [2.45, 2.75) is 0 Å². The van der Waals surface area contributed by atoms with Crippen LogP contribution in [0, 0.1) is 0 Å². The molecule has 0 bridgehead atoms. The summed E-state index contributed by atoms with van der Waals surface area (Å²) in [7, 11) is 0. The van der Waals surface area contributed by atoms with Gasteiger partial charge in [-0.2, -0.15) is 5.10 Å². The first-order valence-electron chi connectivity index (χ1n) is 7.35. The Bertz CT molecular complexity index is 883. The number of hydrogen-bond acceptors (Lipinski definition) is 4. The van der Waals surface area contributed by atoms with Gasteiger partial charge in [-0.15, -0.1) is 11.3 Å². The molecule has 0 atom stereocenters. The van der Waals surface area contributed by atoms with Crippen molar-refractivity contribution in [3.8, 4) is 0 Å². The molecule has 120 valence electrons. The highest BCUT2D eigenvalue weighted by molar-refractivity contribution is 7.11. The number of hydrogen-bond donors (Lipinski definition) is 2. The standard InChI is InChI=1S/C18H15N3O2S/c22-17(21-20-11-14-7-4-10-24-14)12-19-18(23)16-9-3-6-13-5-1-2-8-15(13)16/h1-11H,12H2,(H,19,23)(H,21,22). The highest BCUT2D eigenvalue weighted by atomic mass is 32.1. The summed E-state index contributed by atoms with van der Waals surface area (Å²) in [5, 5.41) is 10.2. The van der Waals surface area contributed by atoms with Gasteiger partial charge >= 0.3 is 0 Å². The molecule has 1 aromatic heterocycles. The van der Waals surface area contributed by atoms with E-state index in [-0.39, 0.29) is 18.4 Å². The minimum Gasteiger partial charge on any atom is -0.343 e. The van der Waals surface area contributed by atoms with Gasteiger partial charge in [-0.1, -0.05) is 42.5 Å². The van der Waals surface area contributed by atoms with Crippen LogP contribution in [0.5, 0.6) is 0 Å². The fourth-order valence-electron chi connectivity index (χ4n) is 2.25. The Morgan fingerprint density at radius 1 is 1.04 bits per heavy atom. The number of rotatable bonds is 5.